The third kappa shape index (κ3) is 8.89. The predicted octanol–water partition coefficient (Wildman–Crippen LogP) is 5.44. The number of nitrogens with one attached hydrogen (secondary N) is 1. The number of hydrogen-bond acceptors (Lipinski definition) is 8. The Morgan fingerprint density at radius 1 is 1.15 bits per heavy atom. The number of sulfonamides is 1. The van der Waals surface area contributed by atoms with Crippen LogP contribution in [0.15, 0.2) is 68.3 Å². The number of para-hydroxylation sites is 2. The van der Waals surface area contributed by atoms with Crippen LogP contribution in [-0.4, -0.2) is 47.4 Å². The molecule has 1 unspecified atom stereocenters. The van der Waals surface area contributed by atoms with Crippen molar-refractivity contribution >= 4 is 44.3 Å². The summed E-state index contributed by atoms with van der Waals surface area (Å²) in [5.74, 6) is 1.13. The molecule has 1 heterocycles. The van der Waals surface area contributed by atoms with Crippen LogP contribution in [0, 0.1) is 5.92 Å². The molecule has 2 aromatic carbocycles. The molecule has 0 aliphatic heterocycles. The van der Waals surface area contributed by atoms with Crippen LogP contribution in [-0.2, 0) is 14.8 Å². The highest BCUT2D eigenvalue weighted by Gasteiger charge is 2.20. The lowest BCUT2D eigenvalue weighted by atomic mass is 9.86. The lowest BCUT2D eigenvalue weighted by Gasteiger charge is -2.26. The first kappa shape index (κ1) is 29.3. The van der Waals surface area contributed by atoms with E-state index >= 15 is 0 Å². The molecular formula is C28H36N4O5S2. The molecule has 0 spiro atoms. The first-order valence-corrected chi connectivity index (χ1v) is 15.9. The van der Waals surface area contributed by atoms with Gasteiger partial charge in [-0.15, -0.1) is 0 Å². The maximum absolute atomic E-state index is 13.1. The minimum absolute atomic E-state index is 0.00799. The first-order valence-electron chi connectivity index (χ1n) is 13.5. The van der Waals surface area contributed by atoms with Crippen LogP contribution < -0.4 is 5.43 Å². The summed E-state index contributed by atoms with van der Waals surface area (Å²) in [6.07, 6.45) is 7.46. The smallest absolute Gasteiger partial charge is 0.282 e. The van der Waals surface area contributed by atoms with Gasteiger partial charge in [0.05, 0.1) is 16.3 Å². The maximum Gasteiger partial charge on any atom is 0.282 e. The minimum Gasteiger partial charge on any atom is -0.438 e. The Morgan fingerprint density at radius 2 is 1.90 bits per heavy atom. The zero-order valence-electron chi connectivity index (χ0n) is 21.9. The van der Waals surface area contributed by atoms with E-state index in [1.165, 1.54) is 49.8 Å². The number of hydrogen-bond donors (Lipinski definition) is 2. The third-order valence-corrected chi connectivity index (χ3v) is 8.82. The fourth-order valence-electron chi connectivity index (χ4n) is 4.72. The van der Waals surface area contributed by atoms with Crippen molar-refractivity contribution in [1.29, 1.82) is 0 Å². The number of fused-ring (bicyclic) bond motifs is 1. The van der Waals surface area contributed by atoms with E-state index in [1.807, 2.05) is 18.2 Å². The molecule has 1 atom stereocenters. The number of benzene rings is 2. The summed E-state index contributed by atoms with van der Waals surface area (Å²) < 4.78 is 34.0. The van der Waals surface area contributed by atoms with Crippen molar-refractivity contribution in [1.82, 2.24) is 15.4 Å². The summed E-state index contributed by atoms with van der Waals surface area (Å²) >= 11 is 1.16. The highest BCUT2D eigenvalue weighted by atomic mass is 32.2. The second kappa shape index (κ2) is 14.6. The van der Waals surface area contributed by atoms with Crippen molar-refractivity contribution in [2.45, 2.75) is 68.8 Å². The third-order valence-electron chi connectivity index (χ3n) is 6.88. The molecule has 0 saturated heterocycles. The van der Waals surface area contributed by atoms with E-state index in [4.69, 9.17) is 4.42 Å². The number of amides is 1. The molecular weight excluding hydrogens is 536 g/mol. The Kier molecular flexibility index (Phi) is 11.0. The van der Waals surface area contributed by atoms with Gasteiger partial charge in [0.25, 0.3) is 10.0 Å². The summed E-state index contributed by atoms with van der Waals surface area (Å²) in [5, 5.41) is 12.2. The molecule has 1 aliphatic rings. The number of carbonyl (C=O) groups excluding carboxylic acids is 1. The Morgan fingerprint density at radius 3 is 2.67 bits per heavy atom. The molecule has 9 nitrogen and oxygen atoms in total. The Balaban J connectivity index is 1.29. The molecule has 1 saturated carbocycles. The SMILES string of the molecule is O=C(CCC1CCCCC1)N(CCCC(O)c1nc2ccccc2o1)NCSC=NS(=O)(=O)c1ccccc1. The topological polar surface area (TPSA) is 125 Å². The monoisotopic (exact) mass is 572 g/mol. The second-order valence-corrected chi connectivity index (χ2v) is 12.2. The fraction of sp³-hybridized carbons (Fsp3) is 0.464. The Labute approximate surface area is 234 Å². The van der Waals surface area contributed by atoms with Crippen molar-refractivity contribution in [3.8, 4) is 0 Å². The number of oxazole rings is 1. The summed E-state index contributed by atoms with van der Waals surface area (Å²) in [6, 6.07) is 15.4. The standard InChI is InChI=1S/C28H36N4O5S2/c33-25(28-31-24-14-7-8-16-26(24)37-28)15-9-19-32(27(34)18-17-22-10-3-1-4-11-22)29-20-38-21-30-39(35,36)23-12-5-2-6-13-23/h2,5-8,12-14,16,21-22,25,29,33H,1,3-4,9-11,15,17-20H2. The van der Waals surface area contributed by atoms with E-state index in [9.17, 15) is 18.3 Å². The van der Waals surface area contributed by atoms with Gasteiger partial charge in [-0.2, -0.15) is 12.8 Å². The molecule has 4 rings (SSSR count). The van der Waals surface area contributed by atoms with E-state index in [-0.39, 0.29) is 22.6 Å². The number of aliphatic hydroxyl groups is 1. The number of aliphatic hydroxyl groups excluding tert-OH is 1. The molecule has 2 N–H and O–H groups in total. The van der Waals surface area contributed by atoms with E-state index in [2.05, 4.69) is 14.8 Å². The maximum atomic E-state index is 13.1. The van der Waals surface area contributed by atoms with Crippen molar-refractivity contribution in [2.24, 2.45) is 10.3 Å². The van der Waals surface area contributed by atoms with Crippen molar-refractivity contribution in [2.75, 3.05) is 12.4 Å². The van der Waals surface area contributed by atoms with E-state index < -0.39 is 16.1 Å². The minimum atomic E-state index is -3.76. The van der Waals surface area contributed by atoms with Crippen LogP contribution in [0.2, 0.25) is 0 Å². The number of aromatic nitrogens is 1. The molecule has 0 radical (unpaired) electrons. The lowest BCUT2D eigenvalue weighted by Crippen LogP contribution is -2.43. The number of hydrazine groups is 1. The number of thioether (sulfide) groups is 1. The first-order chi connectivity index (χ1) is 18.9. The van der Waals surface area contributed by atoms with Gasteiger partial charge < -0.3 is 9.52 Å². The zero-order valence-corrected chi connectivity index (χ0v) is 23.6. The summed E-state index contributed by atoms with van der Waals surface area (Å²) in [6.45, 7) is 0.390. The van der Waals surface area contributed by atoms with Crippen LogP contribution in [0.1, 0.15) is 69.8 Å². The van der Waals surface area contributed by atoms with Gasteiger partial charge in [0.1, 0.15) is 11.6 Å². The van der Waals surface area contributed by atoms with Crippen LogP contribution >= 0.6 is 11.8 Å². The van der Waals surface area contributed by atoms with Gasteiger partial charge in [-0.1, -0.05) is 74.2 Å². The predicted molar refractivity (Wildman–Crippen MR) is 153 cm³/mol. The second-order valence-electron chi connectivity index (χ2n) is 9.73. The molecule has 1 aromatic heterocycles. The Hall–Kier alpha value is -2.73. The Bertz CT molecular complexity index is 1290. The summed E-state index contributed by atoms with van der Waals surface area (Å²) in [4.78, 5) is 17.6. The van der Waals surface area contributed by atoms with Crippen LogP contribution in [0.4, 0.5) is 0 Å². The quantitative estimate of drug-likeness (QED) is 0.0860. The lowest BCUT2D eigenvalue weighted by molar-refractivity contribution is -0.134. The van der Waals surface area contributed by atoms with Gasteiger partial charge in [0.2, 0.25) is 11.8 Å². The molecule has 11 heteroatoms. The number of nitrogens with zero attached hydrogens (tertiary/aromatic N) is 3. The van der Waals surface area contributed by atoms with Crippen LogP contribution in [0.5, 0.6) is 0 Å². The van der Waals surface area contributed by atoms with E-state index in [0.717, 1.165) is 18.2 Å². The molecule has 39 heavy (non-hydrogen) atoms. The number of carbonyl (C=O) groups is 1. The summed E-state index contributed by atoms with van der Waals surface area (Å²) in [5.41, 5.74) is 5.70. The average Bonchev–Trinajstić information content (AvgIpc) is 3.40. The molecule has 0 bridgehead atoms. The molecule has 1 fully saturated rings. The van der Waals surface area contributed by atoms with Crippen LogP contribution in [0.3, 0.4) is 0 Å². The van der Waals surface area contributed by atoms with Crippen molar-refractivity contribution in [3.63, 3.8) is 0 Å². The highest BCUT2D eigenvalue weighted by molar-refractivity contribution is 8.12. The van der Waals surface area contributed by atoms with Crippen molar-refractivity contribution in [3.05, 3.63) is 60.5 Å². The molecule has 1 amide bonds. The van der Waals surface area contributed by atoms with E-state index in [1.54, 1.807) is 29.3 Å². The van der Waals surface area contributed by atoms with E-state index in [0.29, 0.717) is 42.8 Å². The van der Waals surface area contributed by atoms with Crippen molar-refractivity contribution < 1.29 is 22.7 Å². The molecule has 1 aliphatic carbocycles. The average molecular weight is 573 g/mol. The number of rotatable bonds is 14. The molecule has 3 aromatic rings. The van der Waals surface area contributed by atoms with Gasteiger partial charge in [-0.3, -0.25) is 9.80 Å². The van der Waals surface area contributed by atoms with Gasteiger partial charge in [-0.05, 0) is 49.4 Å². The fourth-order valence-corrected chi connectivity index (χ4v) is 6.35. The zero-order chi connectivity index (χ0) is 27.5. The van der Waals surface area contributed by atoms with Gasteiger partial charge in [0, 0.05) is 13.0 Å². The van der Waals surface area contributed by atoms with Gasteiger partial charge in [-0.25, -0.2) is 10.4 Å². The van der Waals surface area contributed by atoms with Crippen LogP contribution in [0.25, 0.3) is 11.1 Å². The molecule has 210 valence electrons. The normalized spacial score (nSPS) is 15.6. The highest BCUT2D eigenvalue weighted by Crippen LogP contribution is 2.28. The van der Waals surface area contributed by atoms with Gasteiger partial charge >= 0.3 is 0 Å². The van der Waals surface area contributed by atoms with Gasteiger partial charge in [0.15, 0.2) is 5.58 Å². The largest absolute Gasteiger partial charge is 0.438 e. The summed E-state index contributed by atoms with van der Waals surface area (Å²) in [7, 11) is -3.76.